The molecule has 146 valence electrons. The molecule has 2 saturated heterocycles. The number of amides is 2. The number of hydrogen-bond acceptors (Lipinski definition) is 5. The van der Waals surface area contributed by atoms with E-state index in [4.69, 9.17) is 9.47 Å². The van der Waals surface area contributed by atoms with E-state index in [0.29, 0.717) is 13.1 Å². The molecule has 0 bridgehead atoms. The van der Waals surface area contributed by atoms with Crippen molar-refractivity contribution < 1.29 is 19.1 Å². The van der Waals surface area contributed by atoms with Crippen molar-refractivity contribution in [2.45, 2.75) is 32.2 Å². The topological polar surface area (TPSA) is 62.3 Å². The van der Waals surface area contributed by atoms with Crippen LogP contribution in [0.3, 0.4) is 0 Å². The molecule has 3 aliphatic heterocycles. The molecule has 0 atom stereocenters. The van der Waals surface area contributed by atoms with Gasteiger partial charge < -0.3 is 19.3 Å². The average molecular weight is 373 g/mol. The fourth-order valence-electron chi connectivity index (χ4n) is 3.95. The Morgan fingerprint density at radius 2 is 1.48 bits per heavy atom. The summed E-state index contributed by atoms with van der Waals surface area (Å²) in [5.74, 6) is 1.56. The maximum absolute atomic E-state index is 12.5. The van der Waals surface area contributed by atoms with E-state index in [0.717, 1.165) is 57.1 Å². The maximum Gasteiger partial charge on any atom is 0.232 e. The van der Waals surface area contributed by atoms with E-state index in [9.17, 15) is 9.59 Å². The van der Waals surface area contributed by atoms with Crippen LogP contribution in [-0.4, -0.2) is 72.6 Å². The molecule has 27 heavy (non-hydrogen) atoms. The summed E-state index contributed by atoms with van der Waals surface area (Å²) in [6, 6.07) is 6.03. The predicted molar refractivity (Wildman–Crippen MR) is 99.5 cm³/mol. The van der Waals surface area contributed by atoms with Gasteiger partial charge in [0, 0.05) is 45.8 Å². The Hall–Kier alpha value is -2.28. The van der Waals surface area contributed by atoms with Gasteiger partial charge in [-0.1, -0.05) is 6.07 Å². The van der Waals surface area contributed by atoms with Crippen molar-refractivity contribution in [1.82, 2.24) is 14.7 Å². The van der Waals surface area contributed by atoms with Crippen molar-refractivity contribution in [3.8, 4) is 11.5 Å². The van der Waals surface area contributed by atoms with Gasteiger partial charge in [0.25, 0.3) is 0 Å². The lowest BCUT2D eigenvalue weighted by Crippen LogP contribution is -2.49. The van der Waals surface area contributed by atoms with E-state index in [1.807, 2.05) is 21.9 Å². The van der Waals surface area contributed by atoms with Crippen molar-refractivity contribution in [3.05, 3.63) is 23.8 Å². The summed E-state index contributed by atoms with van der Waals surface area (Å²) in [6.07, 6.45) is 3.31. The quantitative estimate of drug-likeness (QED) is 0.748. The first-order chi connectivity index (χ1) is 13.2. The first-order valence-electron chi connectivity index (χ1n) is 9.85. The van der Waals surface area contributed by atoms with Crippen LogP contribution < -0.4 is 9.47 Å². The zero-order chi connectivity index (χ0) is 18.6. The lowest BCUT2D eigenvalue weighted by atomic mass is 10.1. The van der Waals surface area contributed by atoms with Crippen LogP contribution >= 0.6 is 0 Å². The van der Waals surface area contributed by atoms with Crippen molar-refractivity contribution >= 4 is 11.8 Å². The predicted octanol–water partition coefficient (Wildman–Crippen LogP) is 1.46. The lowest BCUT2D eigenvalue weighted by Gasteiger charge is -2.35. The first-order valence-corrected chi connectivity index (χ1v) is 9.85. The zero-order valence-electron chi connectivity index (χ0n) is 15.7. The second-order valence-electron chi connectivity index (χ2n) is 7.46. The standard InChI is InChI=1S/C20H27N3O4/c24-19(22-6-2-1-3-7-22)13-20(25)23-10-8-21(9-11-23)14-16-4-5-17-18(12-16)27-15-26-17/h4-5,12H,1-3,6-11,13-15H2. The molecule has 3 heterocycles. The summed E-state index contributed by atoms with van der Waals surface area (Å²) in [4.78, 5) is 30.8. The smallest absolute Gasteiger partial charge is 0.232 e. The molecular weight excluding hydrogens is 346 g/mol. The minimum atomic E-state index is -0.0340. The fourth-order valence-corrected chi connectivity index (χ4v) is 3.95. The Morgan fingerprint density at radius 1 is 0.815 bits per heavy atom. The molecule has 4 rings (SSSR count). The number of piperidine rings is 1. The molecule has 0 unspecified atom stereocenters. The molecule has 0 N–H and O–H groups in total. The van der Waals surface area contributed by atoms with Crippen LogP contribution in [0, 0.1) is 0 Å². The average Bonchev–Trinajstić information content (AvgIpc) is 3.17. The Balaban J connectivity index is 1.23. The van der Waals surface area contributed by atoms with Gasteiger partial charge in [-0.05, 0) is 37.0 Å². The molecule has 0 aliphatic carbocycles. The molecular formula is C20H27N3O4. The van der Waals surface area contributed by atoms with Crippen molar-refractivity contribution in [3.63, 3.8) is 0 Å². The molecule has 3 aliphatic rings. The molecule has 7 heteroatoms. The van der Waals surface area contributed by atoms with Crippen LogP contribution in [-0.2, 0) is 16.1 Å². The molecule has 7 nitrogen and oxygen atoms in total. The van der Waals surface area contributed by atoms with E-state index in [1.165, 1.54) is 12.0 Å². The van der Waals surface area contributed by atoms with Gasteiger partial charge in [-0.15, -0.1) is 0 Å². The highest BCUT2D eigenvalue weighted by Crippen LogP contribution is 2.32. The third kappa shape index (κ3) is 4.35. The molecule has 2 fully saturated rings. The third-order valence-electron chi connectivity index (χ3n) is 5.58. The van der Waals surface area contributed by atoms with Crippen LogP contribution in [0.2, 0.25) is 0 Å². The SMILES string of the molecule is O=C(CC(=O)N1CCN(Cc2ccc3c(c2)OCO3)CC1)N1CCCCC1. The highest BCUT2D eigenvalue weighted by molar-refractivity contribution is 5.97. The largest absolute Gasteiger partial charge is 0.454 e. The number of hydrogen-bond donors (Lipinski definition) is 0. The summed E-state index contributed by atoms with van der Waals surface area (Å²) >= 11 is 0. The van der Waals surface area contributed by atoms with Crippen molar-refractivity contribution in [2.24, 2.45) is 0 Å². The Bertz CT molecular complexity index is 694. The molecule has 0 radical (unpaired) electrons. The number of benzene rings is 1. The highest BCUT2D eigenvalue weighted by atomic mass is 16.7. The molecule has 0 spiro atoms. The van der Waals surface area contributed by atoms with E-state index < -0.39 is 0 Å². The zero-order valence-corrected chi connectivity index (χ0v) is 15.7. The van der Waals surface area contributed by atoms with E-state index in [1.54, 1.807) is 0 Å². The number of fused-ring (bicyclic) bond motifs is 1. The van der Waals surface area contributed by atoms with Crippen molar-refractivity contribution in [2.75, 3.05) is 46.1 Å². The van der Waals surface area contributed by atoms with Gasteiger partial charge in [0.1, 0.15) is 6.42 Å². The number of nitrogens with zero attached hydrogens (tertiary/aromatic N) is 3. The van der Waals surface area contributed by atoms with Crippen LogP contribution in [0.5, 0.6) is 11.5 Å². The van der Waals surface area contributed by atoms with Gasteiger partial charge in [0.15, 0.2) is 11.5 Å². The van der Waals surface area contributed by atoms with E-state index in [2.05, 4.69) is 11.0 Å². The molecule has 0 aromatic heterocycles. The number of carbonyl (C=O) groups excluding carboxylic acids is 2. The minimum absolute atomic E-state index is 0.0116. The van der Waals surface area contributed by atoms with Crippen LogP contribution in [0.1, 0.15) is 31.2 Å². The van der Waals surface area contributed by atoms with Crippen LogP contribution in [0.15, 0.2) is 18.2 Å². The van der Waals surface area contributed by atoms with Gasteiger partial charge in [-0.2, -0.15) is 0 Å². The van der Waals surface area contributed by atoms with Gasteiger partial charge >= 0.3 is 0 Å². The number of rotatable bonds is 4. The number of carbonyl (C=O) groups is 2. The van der Waals surface area contributed by atoms with Crippen LogP contribution in [0.4, 0.5) is 0 Å². The second-order valence-corrected chi connectivity index (χ2v) is 7.46. The summed E-state index contributed by atoms with van der Waals surface area (Å²) in [6.45, 7) is 5.70. The monoisotopic (exact) mass is 373 g/mol. The van der Waals surface area contributed by atoms with Crippen LogP contribution in [0.25, 0.3) is 0 Å². The Labute approximate surface area is 159 Å². The fraction of sp³-hybridized carbons (Fsp3) is 0.600. The molecule has 1 aromatic carbocycles. The molecule has 2 amide bonds. The Morgan fingerprint density at radius 3 is 2.22 bits per heavy atom. The summed E-state index contributed by atoms with van der Waals surface area (Å²) in [5.41, 5.74) is 1.18. The third-order valence-corrected chi connectivity index (χ3v) is 5.58. The maximum atomic E-state index is 12.5. The number of ether oxygens (including phenoxy) is 2. The summed E-state index contributed by atoms with van der Waals surface area (Å²) < 4.78 is 10.8. The normalized spacial score (nSPS) is 20.0. The van der Waals surface area contributed by atoms with Crippen molar-refractivity contribution in [1.29, 1.82) is 0 Å². The van der Waals surface area contributed by atoms with E-state index in [-0.39, 0.29) is 25.0 Å². The minimum Gasteiger partial charge on any atom is -0.454 e. The van der Waals surface area contributed by atoms with Gasteiger partial charge in [0.05, 0.1) is 0 Å². The summed E-state index contributed by atoms with van der Waals surface area (Å²) in [5, 5.41) is 0. The van der Waals surface area contributed by atoms with Gasteiger partial charge in [-0.25, -0.2) is 0 Å². The summed E-state index contributed by atoms with van der Waals surface area (Å²) in [7, 11) is 0. The first kappa shape index (κ1) is 18.1. The lowest BCUT2D eigenvalue weighted by molar-refractivity contribution is -0.142. The Kier molecular flexibility index (Phi) is 5.48. The highest BCUT2D eigenvalue weighted by Gasteiger charge is 2.25. The van der Waals surface area contributed by atoms with Gasteiger partial charge in [-0.3, -0.25) is 14.5 Å². The van der Waals surface area contributed by atoms with Gasteiger partial charge in [0.2, 0.25) is 18.6 Å². The number of piperazine rings is 1. The number of likely N-dealkylation sites (tertiary alicyclic amines) is 1. The molecule has 0 saturated carbocycles. The molecule has 1 aromatic rings. The second kappa shape index (κ2) is 8.17. The van der Waals surface area contributed by atoms with E-state index >= 15 is 0 Å².